The summed E-state index contributed by atoms with van der Waals surface area (Å²) in [7, 11) is 2.04. The van der Waals surface area contributed by atoms with Gasteiger partial charge in [0.1, 0.15) is 13.2 Å². The molecular formula is C14H16N2O2. The molecule has 4 nitrogen and oxygen atoms in total. The molecule has 2 heterocycles. The van der Waals surface area contributed by atoms with Crippen LogP contribution < -0.4 is 14.8 Å². The van der Waals surface area contributed by atoms with Crippen LogP contribution in [-0.4, -0.2) is 17.8 Å². The second-order valence-electron chi connectivity index (χ2n) is 4.32. The number of benzene rings is 1. The van der Waals surface area contributed by atoms with Crippen molar-refractivity contribution < 1.29 is 9.47 Å². The maximum atomic E-state index is 5.55. The first-order valence-corrected chi connectivity index (χ1v) is 6.07. The van der Waals surface area contributed by atoms with Gasteiger partial charge >= 0.3 is 0 Å². The standard InChI is InChI=1S/C14H16N2O2/c1-16-6-2-3-12(16)10-15-11-4-5-13-14(9-11)18-8-7-17-13/h2-6,9,15H,7-8,10H2,1H3. The van der Waals surface area contributed by atoms with Crippen LogP contribution in [0.5, 0.6) is 11.5 Å². The highest BCUT2D eigenvalue weighted by molar-refractivity contribution is 5.55. The predicted molar refractivity (Wildman–Crippen MR) is 70.2 cm³/mol. The van der Waals surface area contributed by atoms with Crippen molar-refractivity contribution in [2.45, 2.75) is 6.54 Å². The van der Waals surface area contributed by atoms with Crippen molar-refractivity contribution in [3.05, 3.63) is 42.2 Å². The second kappa shape index (κ2) is 4.64. The summed E-state index contributed by atoms with van der Waals surface area (Å²) in [5, 5.41) is 3.38. The summed E-state index contributed by atoms with van der Waals surface area (Å²) < 4.78 is 13.1. The molecule has 94 valence electrons. The molecule has 0 saturated heterocycles. The highest BCUT2D eigenvalue weighted by atomic mass is 16.6. The number of anilines is 1. The van der Waals surface area contributed by atoms with Gasteiger partial charge in [-0.25, -0.2) is 0 Å². The fourth-order valence-corrected chi connectivity index (χ4v) is 2.03. The molecule has 0 bridgehead atoms. The summed E-state index contributed by atoms with van der Waals surface area (Å²) in [5.74, 6) is 1.64. The van der Waals surface area contributed by atoms with E-state index in [0.29, 0.717) is 13.2 Å². The van der Waals surface area contributed by atoms with Gasteiger partial charge in [-0.05, 0) is 24.3 Å². The Morgan fingerprint density at radius 2 is 2.00 bits per heavy atom. The van der Waals surface area contributed by atoms with Crippen molar-refractivity contribution in [1.82, 2.24) is 4.57 Å². The zero-order valence-corrected chi connectivity index (χ0v) is 10.3. The number of rotatable bonds is 3. The lowest BCUT2D eigenvalue weighted by Crippen LogP contribution is -2.15. The smallest absolute Gasteiger partial charge is 0.163 e. The summed E-state index contributed by atoms with van der Waals surface area (Å²) in [6.45, 7) is 2.04. The summed E-state index contributed by atoms with van der Waals surface area (Å²) in [6.07, 6.45) is 2.04. The Labute approximate surface area is 106 Å². The van der Waals surface area contributed by atoms with Gasteiger partial charge in [-0.3, -0.25) is 0 Å². The Balaban J connectivity index is 1.71. The Bertz CT molecular complexity index is 548. The molecule has 0 amide bonds. The fourth-order valence-electron chi connectivity index (χ4n) is 2.03. The molecular weight excluding hydrogens is 228 g/mol. The lowest BCUT2D eigenvalue weighted by molar-refractivity contribution is 0.171. The minimum Gasteiger partial charge on any atom is -0.486 e. The van der Waals surface area contributed by atoms with Crippen molar-refractivity contribution >= 4 is 5.69 Å². The maximum absolute atomic E-state index is 5.55. The van der Waals surface area contributed by atoms with Gasteiger partial charge in [0.2, 0.25) is 0 Å². The van der Waals surface area contributed by atoms with Crippen LogP contribution in [0.3, 0.4) is 0 Å². The number of ether oxygens (including phenoxy) is 2. The quantitative estimate of drug-likeness (QED) is 0.900. The Kier molecular flexibility index (Phi) is 2.84. The third-order valence-electron chi connectivity index (χ3n) is 3.07. The van der Waals surface area contributed by atoms with Gasteiger partial charge in [-0.15, -0.1) is 0 Å². The number of aryl methyl sites for hydroxylation is 1. The zero-order chi connectivity index (χ0) is 12.4. The van der Waals surface area contributed by atoms with E-state index in [1.54, 1.807) is 0 Å². The third kappa shape index (κ3) is 2.14. The van der Waals surface area contributed by atoms with Crippen LogP contribution in [0.25, 0.3) is 0 Å². The first kappa shape index (κ1) is 11.0. The molecule has 1 aromatic heterocycles. The Morgan fingerprint density at radius 1 is 1.17 bits per heavy atom. The molecule has 18 heavy (non-hydrogen) atoms. The minimum absolute atomic E-state index is 0.619. The second-order valence-corrected chi connectivity index (χ2v) is 4.32. The van der Waals surface area contributed by atoms with E-state index in [2.05, 4.69) is 16.0 Å². The first-order chi connectivity index (χ1) is 8.83. The van der Waals surface area contributed by atoms with Crippen LogP contribution in [-0.2, 0) is 13.6 Å². The molecule has 0 unspecified atom stereocenters. The number of nitrogens with zero attached hydrogens (tertiary/aromatic N) is 1. The topological polar surface area (TPSA) is 35.4 Å². The van der Waals surface area contributed by atoms with Crippen LogP contribution in [0.2, 0.25) is 0 Å². The molecule has 3 rings (SSSR count). The summed E-state index contributed by atoms with van der Waals surface area (Å²) in [6, 6.07) is 10.1. The van der Waals surface area contributed by atoms with Crippen molar-refractivity contribution in [1.29, 1.82) is 0 Å². The van der Waals surface area contributed by atoms with Crippen molar-refractivity contribution in [3.63, 3.8) is 0 Å². The summed E-state index contributed by atoms with van der Waals surface area (Å²) >= 11 is 0. The van der Waals surface area contributed by atoms with E-state index in [1.807, 2.05) is 37.5 Å². The van der Waals surface area contributed by atoms with Gasteiger partial charge in [0.25, 0.3) is 0 Å². The largest absolute Gasteiger partial charge is 0.486 e. The van der Waals surface area contributed by atoms with Gasteiger partial charge in [0.15, 0.2) is 11.5 Å². The van der Waals surface area contributed by atoms with E-state index in [1.165, 1.54) is 5.69 Å². The van der Waals surface area contributed by atoms with Gasteiger partial charge < -0.3 is 19.4 Å². The highest BCUT2D eigenvalue weighted by Gasteiger charge is 2.11. The SMILES string of the molecule is Cn1cccc1CNc1ccc2c(c1)OCCO2. The molecule has 2 aromatic rings. The zero-order valence-electron chi connectivity index (χ0n) is 10.3. The minimum atomic E-state index is 0.619. The molecule has 1 N–H and O–H groups in total. The van der Waals surface area contributed by atoms with Crippen LogP contribution in [0.1, 0.15) is 5.69 Å². The molecule has 0 radical (unpaired) electrons. The van der Waals surface area contributed by atoms with Crippen molar-refractivity contribution in [3.8, 4) is 11.5 Å². The lowest BCUT2D eigenvalue weighted by Gasteiger charge is -2.19. The van der Waals surface area contributed by atoms with Gasteiger partial charge in [0.05, 0.1) is 6.54 Å². The number of hydrogen-bond acceptors (Lipinski definition) is 3. The third-order valence-corrected chi connectivity index (χ3v) is 3.07. The average molecular weight is 244 g/mol. The summed E-state index contributed by atoms with van der Waals surface area (Å²) in [4.78, 5) is 0. The van der Waals surface area contributed by atoms with E-state index in [9.17, 15) is 0 Å². The van der Waals surface area contributed by atoms with E-state index >= 15 is 0 Å². The normalized spacial score (nSPS) is 13.4. The van der Waals surface area contributed by atoms with E-state index < -0.39 is 0 Å². The van der Waals surface area contributed by atoms with Crippen LogP contribution in [0, 0.1) is 0 Å². The molecule has 4 heteroatoms. The molecule has 1 aromatic carbocycles. The molecule has 0 fully saturated rings. The van der Waals surface area contributed by atoms with Gasteiger partial charge in [-0.1, -0.05) is 0 Å². The van der Waals surface area contributed by atoms with Gasteiger partial charge in [-0.2, -0.15) is 0 Å². The molecule has 0 aliphatic carbocycles. The van der Waals surface area contributed by atoms with E-state index in [4.69, 9.17) is 9.47 Å². The molecule has 0 saturated carbocycles. The number of nitrogens with one attached hydrogen (secondary N) is 1. The Morgan fingerprint density at radius 3 is 2.78 bits per heavy atom. The molecule has 0 atom stereocenters. The average Bonchev–Trinajstić information content (AvgIpc) is 2.82. The first-order valence-electron chi connectivity index (χ1n) is 6.07. The van der Waals surface area contributed by atoms with Crippen LogP contribution in [0.15, 0.2) is 36.5 Å². The summed E-state index contributed by atoms with van der Waals surface area (Å²) in [5.41, 5.74) is 2.28. The van der Waals surface area contributed by atoms with Crippen molar-refractivity contribution in [2.75, 3.05) is 18.5 Å². The van der Waals surface area contributed by atoms with E-state index in [-0.39, 0.29) is 0 Å². The highest BCUT2D eigenvalue weighted by Crippen LogP contribution is 2.32. The van der Waals surface area contributed by atoms with Crippen molar-refractivity contribution in [2.24, 2.45) is 7.05 Å². The van der Waals surface area contributed by atoms with Gasteiger partial charge in [0, 0.05) is 30.7 Å². The van der Waals surface area contributed by atoms with E-state index in [0.717, 1.165) is 23.7 Å². The maximum Gasteiger partial charge on any atom is 0.163 e. The molecule has 1 aliphatic heterocycles. The number of aromatic nitrogens is 1. The molecule has 1 aliphatic rings. The lowest BCUT2D eigenvalue weighted by atomic mass is 10.2. The van der Waals surface area contributed by atoms with Crippen LogP contribution in [0.4, 0.5) is 5.69 Å². The Hall–Kier alpha value is -2.10. The number of fused-ring (bicyclic) bond motifs is 1. The molecule has 0 spiro atoms. The number of hydrogen-bond donors (Lipinski definition) is 1. The predicted octanol–water partition coefficient (Wildman–Crippen LogP) is 2.41. The monoisotopic (exact) mass is 244 g/mol. The van der Waals surface area contributed by atoms with Crippen LogP contribution >= 0.6 is 0 Å². The fraction of sp³-hybridized carbons (Fsp3) is 0.286.